The molecule has 0 aromatic heterocycles. The molecule has 114 valence electrons. The Morgan fingerprint density at radius 2 is 1.42 bits per heavy atom. The molecule has 1 atom stereocenters. The summed E-state index contributed by atoms with van der Waals surface area (Å²) < 4.78 is 10.1. The first kappa shape index (κ1) is 18.8. The van der Waals surface area contributed by atoms with Gasteiger partial charge in [0.05, 0.1) is 11.9 Å². The van der Waals surface area contributed by atoms with Crippen LogP contribution in [0, 0.1) is 0 Å². The van der Waals surface area contributed by atoms with Crippen molar-refractivity contribution in [2.75, 3.05) is 20.3 Å². The lowest BCUT2D eigenvalue weighted by Crippen LogP contribution is -2.17. The highest BCUT2D eigenvalue weighted by molar-refractivity contribution is 7.81. The normalized spacial score (nSPS) is 12.4. The summed E-state index contributed by atoms with van der Waals surface area (Å²) in [5, 5.41) is -0.257. The van der Waals surface area contributed by atoms with Crippen molar-refractivity contribution in [3.05, 3.63) is 0 Å². The first-order valence-corrected chi connectivity index (χ1v) is 8.07. The van der Waals surface area contributed by atoms with Gasteiger partial charge in [-0.1, -0.05) is 45.4 Å². The summed E-state index contributed by atoms with van der Waals surface area (Å²) >= 11 is 4.15. The van der Waals surface area contributed by atoms with E-state index in [0.717, 1.165) is 25.9 Å². The second-order valence-corrected chi connectivity index (χ2v) is 5.54. The molecule has 0 aliphatic carbocycles. The Labute approximate surface area is 123 Å². The number of carbonyl (C=O) groups is 1. The number of hydrogen-bond acceptors (Lipinski definition) is 4. The number of methoxy groups -OCH3 is 1. The minimum atomic E-state index is -0.257. The standard InChI is InChI=1S/C15H30O3S/c1-3-14(19)15(16)18-13-11-9-7-5-4-6-8-10-12-17-2/h14,19H,3-13H2,1-2H3. The molecule has 0 aliphatic rings. The molecular weight excluding hydrogens is 260 g/mol. The van der Waals surface area contributed by atoms with Gasteiger partial charge in [0, 0.05) is 13.7 Å². The maximum Gasteiger partial charge on any atom is 0.318 e. The van der Waals surface area contributed by atoms with E-state index in [1.165, 1.54) is 38.5 Å². The van der Waals surface area contributed by atoms with Crippen LogP contribution < -0.4 is 0 Å². The van der Waals surface area contributed by atoms with E-state index < -0.39 is 0 Å². The van der Waals surface area contributed by atoms with E-state index >= 15 is 0 Å². The van der Waals surface area contributed by atoms with Gasteiger partial charge in [-0.3, -0.25) is 4.79 Å². The van der Waals surface area contributed by atoms with Crippen LogP contribution in [0.5, 0.6) is 0 Å². The average molecular weight is 290 g/mol. The Balaban J connectivity index is 3.13. The maximum absolute atomic E-state index is 11.3. The van der Waals surface area contributed by atoms with Crippen molar-refractivity contribution in [1.82, 2.24) is 0 Å². The van der Waals surface area contributed by atoms with Gasteiger partial charge in [0.2, 0.25) is 0 Å². The third-order valence-electron chi connectivity index (χ3n) is 3.15. The van der Waals surface area contributed by atoms with Crippen LogP contribution in [0.4, 0.5) is 0 Å². The lowest BCUT2D eigenvalue weighted by Gasteiger charge is -2.08. The molecule has 0 aromatic rings. The van der Waals surface area contributed by atoms with Gasteiger partial charge >= 0.3 is 5.97 Å². The Kier molecular flexibility index (Phi) is 14.0. The first-order valence-electron chi connectivity index (χ1n) is 7.56. The van der Waals surface area contributed by atoms with Crippen LogP contribution >= 0.6 is 12.6 Å². The minimum absolute atomic E-state index is 0.177. The molecule has 4 heteroatoms. The molecule has 0 aromatic carbocycles. The Morgan fingerprint density at radius 1 is 0.947 bits per heavy atom. The molecule has 19 heavy (non-hydrogen) atoms. The lowest BCUT2D eigenvalue weighted by atomic mass is 10.1. The maximum atomic E-state index is 11.3. The predicted molar refractivity (Wildman–Crippen MR) is 82.8 cm³/mol. The molecule has 1 unspecified atom stereocenters. The van der Waals surface area contributed by atoms with Crippen molar-refractivity contribution in [2.45, 2.75) is 70.0 Å². The Bertz CT molecular complexity index is 210. The number of carbonyl (C=O) groups excluding carboxylic acids is 1. The number of ether oxygens (including phenoxy) is 2. The lowest BCUT2D eigenvalue weighted by molar-refractivity contribution is -0.143. The van der Waals surface area contributed by atoms with E-state index in [1.807, 2.05) is 6.92 Å². The molecule has 0 saturated heterocycles. The summed E-state index contributed by atoms with van der Waals surface area (Å²) in [6, 6.07) is 0. The monoisotopic (exact) mass is 290 g/mol. The minimum Gasteiger partial charge on any atom is -0.465 e. The summed E-state index contributed by atoms with van der Waals surface area (Å²) in [4.78, 5) is 11.3. The molecule has 3 nitrogen and oxygen atoms in total. The predicted octanol–water partition coefficient (Wildman–Crippen LogP) is 4.01. The summed E-state index contributed by atoms with van der Waals surface area (Å²) in [5.41, 5.74) is 0. The van der Waals surface area contributed by atoms with E-state index in [1.54, 1.807) is 7.11 Å². The zero-order valence-electron chi connectivity index (χ0n) is 12.5. The third-order valence-corrected chi connectivity index (χ3v) is 3.72. The number of thiol groups is 1. The van der Waals surface area contributed by atoms with Crippen LogP contribution in [0.15, 0.2) is 0 Å². The first-order chi connectivity index (χ1) is 9.22. The van der Waals surface area contributed by atoms with Gasteiger partial charge in [-0.15, -0.1) is 0 Å². The highest BCUT2D eigenvalue weighted by Gasteiger charge is 2.11. The number of unbranched alkanes of at least 4 members (excludes halogenated alkanes) is 7. The molecular formula is C15H30O3S. The zero-order chi connectivity index (χ0) is 14.3. The van der Waals surface area contributed by atoms with Crippen molar-refractivity contribution < 1.29 is 14.3 Å². The van der Waals surface area contributed by atoms with Crippen LogP contribution in [0.2, 0.25) is 0 Å². The quantitative estimate of drug-likeness (QED) is 0.316. The van der Waals surface area contributed by atoms with Gasteiger partial charge in [-0.2, -0.15) is 12.6 Å². The molecule has 0 N–H and O–H groups in total. The molecule has 0 rings (SSSR count). The van der Waals surface area contributed by atoms with E-state index in [4.69, 9.17) is 9.47 Å². The fraction of sp³-hybridized carbons (Fsp3) is 0.933. The van der Waals surface area contributed by atoms with Crippen LogP contribution in [0.3, 0.4) is 0 Å². The van der Waals surface area contributed by atoms with E-state index in [2.05, 4.69) is 12.6 Å². The van der Waals surface area contributed by atoms with Gasteiger partial charge in [0.1, 0.15) is 0 Å². The van der Waals surface area contributed by atoms with Crippen molar-refractivity contribution in [1.29, 1.82) is 0 Å². The summed E-state index contributed by atoms with van der Waals surface area (Å²) in [6.45, 7) is 3.37. The molecule has 0 saturated carbocycles. The molecule has 0 radical (unpaired) electrons. The summed E-state index contributed by atoms with van der Waals surface area (Å²) in [6.07, 6.45) is 10.4. The van der Waals surface area contributed by atoms with Crippen molar-refractivity contribution >= 4 is 18.6 Å². The summed E-state index contributed by atoms with van der Waals surface area (Å²) in [7, 11) is 1.75. The molecule has 0 aliphatic heterocycles. The largest absolute Gasteiger partial charge is 0.465 e. The molecule has 0 heterocycles. The smallest absolute Gasteiger partial charge is 0.318 e. The fourth-order valence-corrected chi connectivity index (χ4v) is 1.92. The van der Waals surface area contributed by atoms with Crippen LogP contribution in [0.1, 0.15) is 64.7 Å². The van der Waals surface area contributed by atoms with Crippen LogP contribution in [-0.2, 0) is 14.3 Å². The van der Waals surface area contributed by atoms with Gasteiger partial charge in [-0.25, -0.2) is 0 Å². The highest BCUT2D eigenvalue weighted by Crippen LogP contribution is 2.09. The van der Waals surface area contributed by atoms with Crippen molar-refractivity contribution in [2.24, 2.45) is 0 Å². The number of hydrogen-bond donors (Lipinski definition) is 1. The molecule has 0 bridgehead atoms. The highest BCUT2D eigenvalue weighted by atomic mass is 32.1. The van der Waals surface area contributed by atoms with Crippen molar-refractivity contribution in [3.8, 4) is 0 Å². The van der Waals surface area contributed by atoms with Gasteiger partial charge in [0.25, 0.3) is 0 Å². The second kappa shape index (κ2) is 14.2. The van der Waals surface area contributed by atoms with Gasteiger partial charge in [-0.05, 0) is 19.3 Å². The topological polar surface area (TPSA) is 35.5 Å². The Hall–Kier alpha value is -0.220. The molecule has 0 fully saturated rings. The van der Waals surface area contributed by atoms with E-state index in [9.17, 15) is 4.79 Å². The fourth-order valence-electron chi connectivity index (χ4n) is 1.84. The SMILES string of the molecule is CCC(S)C(=O)OCCCCCCCCCCOC. The van der Waals surface area contributed by atoms with Crippen LogP contribution in [0.25, 0.3) is 0 Å². The third kappa shape index (κ3) is 12.6. The number of rotatable bonds is 13. The molecule has 0 amide bonds. The van der Waals surface area contributed by atoms with E-state index in [0.29, 0.717) is 6.61 Å². The zero-order valence-corrected chi connectivity index (χ0v) is 13.4. The average Bonchev–Trinajstić information content (AvgIpc) is 2.43. The summed E-state index contributed by atoms with van der Waals surface area (Å²) in [5.74, 6) is -0.177. The van der Waals surface area contributed by atoms with Gasteiger partial charge in [0.15, 0.2) is 0 Å². The van der Waals surface area contributed by atoms with Gasteiger partial charge < -0.3 is 9.47 Å². The van der Waals surface area contributed by atoms with E-state index in [-0.39, 0.29) is 11.2 Å². The Morgan fingerprint density at radius 3 is 1.89 bits per heavy atom. The molecule has 0 spiro atoms. The second-order valence-electron chi connectivity index (χ2n) is 4.91. The van der Waals surface area contributed by atoms with Crippen LogP contribution in [-0.4, -0.2) is 31.5 Å². The number of esters is 1. The van der Waals surface area contributed by atoms with Crippen molar-refractivity contribution in [3.63, 3.8) is 0 Å².